The number of ether oxygens (including phenoxy) is 1. The predicted octanol–water partition coefficient (Wildman–Crippen LogP) is 4.39. The first-order valence-electron chi connectivity index (χ1n) is 5.49. The van der Waals surface area contributed by atoms with Gasteiger partial charge in [0.1, 0.15) is 5.75 Å². The Morgan fingerprint density at radius 1 is 1.28 bits per heavy atom. The van der Waals surface area contributed by atoms with Crippen molar-refractivity contribution in [3.63, 3.8) is 0 Å². The van der Waals surface area contributed by atoms with E-state index in [1.165, 1.54) is 12.1 Å². The molecule has 0 aliphatic rings. The van der Waals surface area contributed by atoms with Crippen LogP contribution in [0, 0.1) is 5.92 Å². The minimum atomic E-state index is -4.69. The summed E-state index contributed by atoms with van der Waals surface area (Å²) in [5.41, 5.74) is 6.56. The Labute approximate surface area is 112 Å². The highest BCUT2D eigenvalue weighted by molar-refractivity contribution is 9.10. The highest BCUT2D eigenvalue weighted by Gasteiger charge is 2.31. The number of alkyl halides is 3. The first-order valence-corrected chi connectivity index (χ1v) is 6.28. The summed E-state index contributed by atoms with van der Waals surface area (Å²) in [6.45, 7) is 4.01. The number of halogens is 4. The van der Waals surface area contributed by atoms with Gasteiger partial charge >= 0.3 is 6.36 Å². The summed E-state index contributed by atoms with van der Waals surface area (Å²) in [5.74, 6) is 0.108. The Morgan fingerprint density at radius 2 is 1.89 bits per heavy atom. The van der Waals surface area contributed by atoms with Gasteiger partial charge in [0.25, 0.3) is 0 Å². The van der Waals surface area contributed by atoms with Crippen molar-refractivity contribution in [3.05, 3.63) is 28.2 Å². The summed E-state index contributed by atoms with van der Waals surface area (Å²) >= 11 is 3.15. The summed E-state index contributed by atoms with van der Waals surface area (Å²) < 4.78 is 40.8. The topological polar surface area (TPSA) is 35.2 Å². The third kappa shape index (κ3) is 5.27. The van der Waals surface area contributed by atoms with Gasteiger partial charge in [0, 0.05) is 10.5 Å². The molecule has 0 spiro atoms. The fraction of sp³-hybridized carbons (Fsp3) is 0.500. The average molecular weight is 326 g/mol. The molecular weight excluding hydrogens is 311 g/mol. The average Bonchev–Trinajstić information content (AvgIpc) is 2.12. The zero-order valence-electron chi connectivity index (χ0n) is 10.1. The van der Waals surface area contributed by atoms with Gasteiger partial charge in [0.2, 0.25) is 0 Å². The number of benzene rings is 1. The van der Waals surface area contributed by atoms with Gasteiger partial charge in [-0.2, -0.15) is 0 Å². The van der Waals surface area contributed by atoms with E-state index in [0.29, 0.717) is 22.4 Å². The van der Waals surface area contributed by atoms with Crippen LogP contribution in [0.3, 0.4) is 0 Å². The van der Waals surface area contributed by atoms with Crippen molar-refractivity contribution in [2.45, 2.75) is 32.7 Å². The van der Waals surface area contributed by atoms with Crippen molar-refractivity contribution in [2.24, 2.45) is 11.7 Å². The van der Waals surface area contributed by atoms with Gasteiger partial charge in [0.15, 0.2) is 0 Å². The standard InChI is InChI=1S/C12H15BrF3NO/c1-7(2)3-11(17)8-4-9(13)6-10(5-8)18-12(14,15)16/h4-7,11H,3,17H2,1-2H3/t11-/m0/s1. The molecule has 2 nitrogen and oxygen atoms in total. The summed E-state index contributed by atoms with van der Waals surface area (Å²) in [6.07, 6.45) is -4.00. The van der Waals surface area contributed by atoms with Crippen molar-refractivity contribution in [1.82, 2.24) is 0 Å². The molecule has 1 rings (SSSR count). The van der Waals surface area contributed by atoms with Gasteiger partial charge in [-0.3, -0.25) is 0 Å². The van der Waals surface area contributed by atoms with Gasteiger partial charge in [-0.15, -0.1) is 13.2 Å². The van der Waals surface area contributed by atoms with Crippen LogP contribution in [0.5, 0.6) is 5.75 Å². The van der Waals surface area contributed by atoms with Gasteiger partial charge < -0.3 is 10.5 Å². The molecule has 0 saturated carbocycles. The van der Waals surface area contributed by atoms with Crippen LogP contribution in [0.25, 0.3) is 0 Å². The SMILES string of the molecule is CC(C)C[C@H](N)c1cc(Br)cc(OC(F)(F)F)c1. The van der Waals surface area contributed by atoms with E-state index in [1.807, 2.05) is 13.8 Å². The molecule has 6 heteroatoms. The predicted molar refractivity (Wildman–Crippen MR) is 67.2 cm³/mol. The molecule has 0 aliphatic carbocycles. The highest BCUT2D eigenvalue weighted by atomic mass is 79.9. The lowest BCUT2D eigenvalue weighted by molar-refractivity contribution is -0.274. The fourth-order valence-corrected chi connectivity index (χ4v) is 2.12. The van der Waals surface area contributed by atoms with E-state index in [9.17, 15) is 13.2 Å². The number of nitrogens with two attached hydrogens (primary N) is 1. The molecule has 0 fully saturated rings. The molecule has 1 atom stereocenters. The molecule has 1 aromatic rings. The van der Waals surface area contributed by atoms with Gasteiger partial charge in [0.05, 0.1) is 0 Å². The Kier molecular flexibility index (Phi) is 5.04. The van der Waals surface area contributed by atoms with Crippen molar-refractivity contribution in [3.8, 4) is 5.75 Å². The first kappa shape index (κ1) is 15.3. The second-order valence-electron chi connectivity index (χ2n) is 4.50. The van der Waals surface area contributed by atoms with E-state index >= 15 is 0 Å². The summed E-state index contributed by atoms with van der Waals surface area (Å²) in [6, 6.07) is 3.98. The smallest absolute Gasteiger partial charge is 0.406 e. The van der Waals surface area contributed by atoms with Crippen molar-refractivity contribution in [1.29, 1.82) is 0 Å². The largest absolute Gasteiger partial charge is 0.573 e. The Balaban J connectivity index is 2.93. The third-order valence-corrected chi connectivity index (χ3v) is 2.74. The molecular formula is C12H15BrF3NO. The molecule has 0 aromatic heterocycles. The lowest BCUT2D eigenvalue weighted by atomic mass is 9.98. The zero-order valence-corrected chi connectivity index (χ0v) is 11.7. The Hall–Kier alpha value is -0.750. The molecule has 1 aromatic carbocycles. The second-order valence-corrected chi connectivity index (χ2v) is 5.42. The molecule has 2 N–H and O–H groups in total. The molecule has 0 bridgehead atoms. The van der Waals surface area contributed by atoms with Crippen LogP contribution >= 0.6 is 15.9 Å². The quantitative estimate of drug-likeness (QED) is 0.890. The van der Waals surface area contributed by atoms with Crippen LogP contribution in [0.1, 0.15) is 31.9 Å². The van der Waals surface area contributed by atoms with Crippen molar-refractivity contribution in [2.75, 3.05) is 0 Å². The molecule has 18 heavy (non-hydrogen) atoms. The number of hydrogen-bond acceptors (Lipinski definition) is 2. The number of hydrogen-bond donors (Lipinski definition) is 1. The molecule has 0 saturated heterocycles. The van der Waals surface area contributed by atoms with E-state index in [2.05, 4.69) is 20.7 Å². The summed E-state index contributed by atoms with van der Waals surface area (Å²) in [7, 11) is 0. The van der Waals surface area contributed by atoms with E-state index in [4.69, 9.17) is 5.73 Å². The second kappa shape index (κ2) is 5.93. The maximum atomic E-state index is 12.1. The van der Waals surface area contributed by atoms with Crippen LogP contribution in [0.15, 0.2) is 22.7 Å². The summed E-state index contributed by atoms with van der Waals surface area (Å²) in [5, 5.41) is 0. The zero-order chi connectivity index (χ0) is 13.9. The first-order chi connectivity index (χ1) is 8.17. The molecule has 0 aliphatic heterocycles. The molecule has 102 valence electrons. The lowest BCUT2D eigenvalue weighted by Crippen LogP contribution is -2.18. The molecule has 0 unspecified atom stereocenters. The lowest BCUT2D eigenvalue weighted by Gasteiger charge is -2.17. The van der Waals surface area contributed by atoms with E-state index in [1.54, 1.807) is 6.07 Å². The Morgan fingerprint density at radius 3 is 2.39 bits per heavy atom. The molecule has 0 radical (unpaired) electrons. The minimum absolute atomic E-state index is 0.258. The van der Waals surface area contributed by atoms with Gasteiger partial charge in [-0.05, 0) is 36.1 Å². The summed E-state index contributed by atoms with van der Waals surface area (Å²) in [4.78, 5) is 0. The van der Waals surface area contributed by atoms with Crippen LogP contribution in [-0.2, 0) is 0 Å². The maximum absolute atomic E-state index is 12.1. The monoisotopic (exact) mass is 325 g/mol. The van der Waals surface area contributed by atoms with Crippen molar-refractivity contribution < 1.29 is 17.9 Å². The Bertz CT molecular complexity index is 407. The van der Waals surface area contributed by atoms with Crippen LogP contribution < -0.4 is 10.5 Å². The molecule has 0 amide bonds. The van der Waals surface area contributed by atoms with Crippen LogP contribution in [0.4, 0.5) is 13.2 Å². The van der Waals surface area contributed by atoms with Crippen molar-refractivity contribution >= 4 is 15.9 Å². The van der Waals surface area contributed by atoms with Crippen LogP contribution in [0.2, 0.25) is 0 Å². The normalized spacial score (nSPS) is 13.8. The van der Waals surface area contributed by atoms with E-state index in [0.717, 1.165) is 0 Å². The third-order valence-electron chi connectivity index (χ3n) is 2.28. The van der Waals surface area contributed by atoms with Gasteiger partial charge in [-0.25, -0.2) is 0 Å². The number of rotatable bonds is 4. The maximum Gasteiger partial charge on any atom is 0.573 e. The fourth-order valence-electron chi connectivity index (χ4n) is 1.63. The van der Waals surface area contributed by atoms with E-state index < -0.39 is 6.36 Å². The minimum Gasteiger partial charge on any atom is -0.406 e. The van der Waals surface area contributed by atoms with Gasteiger partial charge in [-0.1, -0.05) is 29.8 Å². The molecule has 0 heterocycles. The highest BCUT2D eigenvalue weighted by Crippen LogP contribution is 2.30. The van der Waals surface area contributed by atoms with Crippen LogP contribution in [-0.4, -0.2) is 6.36 Å². The van der Waals surface area contributed by atoms with E-state index in [-0.39, 0.29) is 11.8 Å².